The Hall–Kier alpha value is -3.46. The lowest BCUT2D eigenvalue weighted by Crippen LogP contribution is -2.09. The van der Waals surface area contributed by atoms with Gasteiger partial charge in [-0.1, -0.05) is 24.3 Å². The van der Waals surface area contributed by atoms with Crippen molar-refractivity contribution in [3.05, 3.63) is 59.7 Å². The predicted octanol–water partition coefficient (Wildman–Crippen LogP) is 3.14. The Morgan fingerprint density at radius 3 is 2.56 bits per heavy atom. The van der Waals surface area contributed by atoms with Gasteiger partial charge in [0, 0.05) is 11.6 Å². The third-order valence-corrected chi connectivity index (χ3v) is 3.22. The highest BCUT2D eigenvalue weighted by molar-refractivity contribution is 5.96. The maximum atomic E-state index is 11.0. The molecule has 0 aromatic heterocycles. The number of carboxylic acid groups (broad SMARTS) is 1. The molecular formula is C19H17NO5. The number of aliphatic carboxylic acids is 1. The predicted molar refractivity (Wildman–Crippen MR) is 91.7 cm³/mol. The summed E-state index contributed by atoms with van der Waals surface area (Å²) >= 11 is 0. The number of methoxy groups -OCH3 is 1. The van der Waals surface area contributed by atoms with Gasteiger partial charge in [0.1, 0.15) is 42.1 Å². The van der Waals surface area contributed by atoms with E-state index >= 15 is 0 Å². The van der Waals surface area contributed by atoms with Gasteiger partial charge in [0.05, 0.1) is 7.11 Å². The molecule has 6 heteroatoms. The van der Waals surface area contributed by atoms with E-state index in [2.05, 4.69) is 0 Å². The van der Waals surface area contributed by atoms with E-state index in [1.54, 1.807) is 43.5 Å². The topological polar surface area (TPSA) is 88.8 Å². The molecule has 0 radical (unpaired) electrons. The summed E-state index contributed by atoms with van der Waals surface area (Å²) in [5.74, 6) is 0.560. The lowest BCUT2D eigenvalue weighted by molar-refractivity contribution is -0.132. The van der Waals surface area contributed by atoms with Gasteiger partial charge in [-0.05, 0) is 24.3 Å². The maximum absolute atomic E-state index is 11.0. The Labute approximate surface area is 145 Å². The van der Waals surface area contributed by atoms with Crippen LogP contribution in [0.5, 0.6) is 17.2 Å². The summed E-state index contributed by atoms with van der Waals surface area (Å²) in [5, 5.41) is 17.8. The van der Waals surface area contributed by atoms with Gasteiger partial charge in [0.15, 0.2) is 0 Å². The average Bonchev–Trinajstić information content (AvgIpc) is 2.64. The van der Waals surface area contributed by atoms with Gasteiger partial charge in [0.2, 0.25) is 0 Å². The van der Waals surface area contributed by atoms with Crippen LogP contribution in [0.25, 0.3) is 6.08 Å². The second kappa shape index (κ2) is 8.99. The Morgan fingerprint density at radius 2 is 1.84 bits per heavy atom. The smallest absolute Gasteiger partial charge is 0.346 e. The average molecular weight is 339 g/mol. The first-order chi connectivity index (χ1) is 12.1. The number of carbonyl (C=O) groups is 1. The molecule has 0 aliphatic rings. The highest BCUT2D eigenvalue weighted by atomic mass is 16.5. The van der Waals surface area contributed by atoms with Crippen LogP contribution in [0.2, 0.25) is 0 Å². The molecule has 0 fully saturated rings. The van der Waals surface area contributed by atoms with Crippen molar-refractivity contribution in [1.82, 2.24) is 0 Å². The SMILES string of the molecule is COc1cccc(OCCOc2ccccc2C=C(C#N)C(=O)O)c1. The summed E-state index contributed by atoms with van der Waals surface area (Å²) in [6.07, 6.45) is 1.28. The Morgan fingerprint density at radius 1 is 1.12 bits per heavy atom. The zero-order valence-electron chi connectivity index (χ0n) is 13.6. The molecule has 1 N–H and O–H groups in total. The van der Waals surface area contributed by atoms with E-state index < -0.39 is 5.97 Å². The largest absolute Gasteiger partial charge is 0.497 e. The molecule has 0 atom stereocenters. The number of ether oxygens (including phenoxy) is 3. The molecule has 0 saturated heterocycles. The monoisotopic (exact) mass is 339 g/mol. The molecule has 0 bridgehead atoms. The number of nitrogens with zero attached hydrogens (tertiary/aromatic N) is 1. The van der Waals surface area contributed by atoms with Gasteiger partial charge in [0.25, 0.3) is 0 Å². The molecule has 0 unspecified atom stereocenters. The number of rotatable bonds is 8. The Balaban J connectivity index is 1.97. The fourth-order valence-electron chi connectivity index (χ4n) is 2.03. The standard InChI is InChI=1S/C19H17NO5/c1-23-16-6-4-7-17(12-16)24-9-10-25-18-8-3-2-5-14(18)11-15(13-20)19(21)22/h2-8,11-12H,9-10H2,1H3,(H,21,22). The van der Waals surface area contributed by atoms with Crippen LogP contribution in [0.15, 0.2) is 54.1 Å². The molecule has 2 rings (SSSR count). The molecule has 128 valence electrons. The number of hydrogen-bond donors (Lipinski definition) is 1. The van der Waals surface area contributed by atoms with Crippen LogP contribution in [-0.4, -0.2) is 31.4 Å². The zero-order valence-corrected chi connectivity index (χ0v) is 13.6. The summed E-state index contributed by atoms with van der Waals surface area (Å²) in [6.45, 7) is 0.562. The van der Waals surface area contributed by atoms with Crippen LogP contribution in [-0.2, 0) is 4.79 Å². The quantitative estimate of drug-likeness (QED) is 0.451. The number of nitriles is 1. The van der Waals surface area contributed by atoms with E-state index in [-0.39, 0.29) is 12.2 Å². The molecule has 25 heavy (non-hydrogen) atoms. The minimum atomic E-state index is -1.28. The van der Waals surface area contributed by atoms with Crippen molar-refractivity contribution < 1.29 is 24.1 Å². The van der Waals surface area contributed by atoms with Gasteiger partial charge in [-0.3, -0.25) is 0 Å². The first-order valence-corrected chi connectivity index (χ1v) is 7.48. The minimum Gasteiger partial charge on any atom is -0.497 e. The molecule has 2 aromatic carbocycles. The van der Waals surface area contributed by atoms with Crippen LogP contribution in [0.1, 0.15) is 5.56 Å². The van der Waals surface area contributed by atoms with Gasteiger partial charge >= 0.3 is 5.97 Å². The normalized spacial score (nSPS) is 10.6. The first-order valence-electron chi connectivity index (χ1n) is 7.48. The second-order valence-corrected chi connectivity index (χ2v) is 4.89. The Kier molecular flexibility index (Phi) is 6.43. The first kappa shape index (κ1) is 17.9. The lowest BCUT2D eigenvalue weighted by Gasteiger charge is -2.11. The summed E-state index contributed by atoms with van der Waals surface area (Å²) in [7, 11) is 1.58. The highest BCUT2D eigenvalue weighted by Gasteiger charge is 2.08. The highest BCUT2D eigenvalue weighted by Crippen LogP contribution is 2.22. The third-order valence-electron chi connectivity index (χ3n) is 3.22. The molecule has 0 saturated carbocycles. The summed E-state index contributed by atoms with van der Waals surface area (Å²) in [4.78, 5) is 11.0. The van der Waals surface area contributed by atoms with E-state index in [4.69, 9.17) is 24.6 Å². The molecule has 2 aromatic rings. The van der Waals surface area contributed by atoms with E-state index in [1.807, 2.05) is 18.2 Å². The van der Waals surface area contributed by atoms with Gasteiger partial charge < -0.3 is 19.3 Å². The van der Waals surface area contributed by atoms with Crippen LogP contribution in [0, 0.1) is 11.3 Å². The van der Waals surface area contributed by atoms with Crippen molar-refractivity contribution >= 4 is 12.0 Å². The van der Waals surface area contributed by atoms with Gasteiger partial charge in [-0.2, -0.15) is 5.26 Å². The fourth-order valence-corrected chi connectivity index (χ4v) is 2.03. The maximum Gasteiger partial charge on any atom is 0.346 e. The van der Waals surface area contributed by atoms with E-state index in [0.29, 0.717) is 29.4 Å². The number of benzene rings is 2. The van der Waals surface area contributed by atoms with Crippen molar-refractivity contribution in [1.29, 1.82) is 5.26 Å². The van der Waals surface area contributed by atoms with Crippen LogP contribution >= 0.6 is 0 Å². The molecule has 0 aliphatic carbocycles. The minimum absolute atomic E-state index is 0.261. The summed E-state index contributed by atoms with van der Waals surface area (Å²) in [5.41, 5.74) is 0.159. The number of para-hydroxylation sites is 1. The van der Waals surface area contributed by atoms with E-state index in [0.717, 1.165) is 0 Å². The van der Waals surface area contributed by atoms with Crippen LogP contribution < -0.4 is 14.2 Å². The molecule has 0 spiro atoms. The molecule has 0 aliphatic heterocycles. The van der Waals surface area contributed by atoms with E-state index in [1.165, 1.54) is 6.08 Å². The molecule has 0 amide bonds. The molecule has 0 heterocycles. The van der Waals surface area contributed by atoms with Gasteiger partial charge in [-0.25, -0.2) is 4.79 Å². The third kappa shape index (κ3) is 5.29. The molecule has 6 nitrogen and oxygen atoms in total. The van der Waals surface area contributed by atoms with Crippen molar-refractivity contribution in [2.24, 2.45) is 0 Å². The van der Waals surface area contributed by atoms with E-state index in [9.17, 15) is 4.79 Å². The number of hydrogen-bond acceptors (Lipinski definition) is 5. The lowest BCUT2D eigenvalue weighted by atomic mass is 10.1. The second-order valence-electron chi connectivity index (χ2n) is 4.89. The van der Waals surface area contributed by atoms with Crippen molar-refractivity contribution in [2.75, 3.05) is 20.3 Å². The summed E-state index contributed by atoms with van der Waals surface area (Å²) in [6, 6.07) is 15.8. The van der Waals surface area contributed by atoms with Crippen molar-refractivity contribution in [3.8, 4) is 23.3 Å². The fraction of sp³-hybridized carbons (Fsp3) is 0.158. The Bertz CT molecular complexity index is 807. The van der Waals surface area contributed by atoms with Crippen LogP contribution in [0.3, 0.4) is 0 Å². The zero-order chi connectivity index (χ0) is 18.1. The van der Waals surface area contributed by atoms with Gasteiger partial charge in [-0.15, -0.1) is 0 Å². The van der Waals surface area contributed by atoms with Crippen LogP contribution in [0.4, 0.5) is 0 Å². The van der Waals surface area contributed by atoms with Crippen molar-refractivity contribution in [3.63, 3.8) is 0 Å². The van der Waals surface area contributed by atoms with Crippen molar-refractivity contribution in [2.45, 2.75) is 0 Å². The summed E-state index contributed by atoms with van der Waals surface area (Å²) < 4.78 is 16.3. The number of carboxylic acids is 1. The molecular weight excluding hydrogens is 322 g/mol.